The lowest BCUT2D eigenvalue weighted by Gasteiger charge is -2.46. The summed E-state index contributed by atoms with van der Waals surface area (Å²) in [4.78, 5) is 53.1. The summed E-state index contributed by atoms with van der Waals surface area (Å²) in [5.41, 5.74) is 8.79. The minimum Gasteiger partial charge on any atom is -0.506 e. The molecule has 4 N–H and O–H groups in total. The molecular weight excluding hydrogens is 610 g/mol. The largest absolute Gasteiger partial charge is 0.506 e. The first-order valence-electron chi connectivity index (χ1n) is 14.4. The van der Waals surface area contributed by atoms with Crippen molar-refractivity contribution in [3.05, 3.63) is 77.6 Å². The third kappa shape index (κ3) is 6.08. The molecule has 14 nitrogen and oxygen atoms in total. The number of fused-ring (bicyclic) bond motifs is 2. The molecule has 2 aliphatic rings. The molecule has 4 heterocycles. The molecular formula is C31H31N9O5S. The van der Waals surface area contributed by atoms with Crippen molar-refractivity contribution in [2.75, 3.05) is 32.5 Å². The van der Waals surface area contributed by atoms with Gasteiger partial charge < -0.3 is 30.7 Å². The molecule has 15 heteroatoms. The molecule has 2 aliphatic heterocycles. The van der Waals surface area contributed by atoms with E-state index in [-0.39, 0.29) is 56.7 Å². The van der Waals surface area contributed by atoms with Crippen LogP contribution in [0.4, 0.5) is 9.93 Å². The van der Waals surface area contributed by atoms with E-state index in [4.69, 9.17) is 10.5 Å². The monoisotopic (exact) mass is 641 g/mol. The summed E-state index contributed by atoms with van der Waals surface area (Å²) in [6, 6.07) is 16.5. The molecule has 0 aliphatic carbocycles. The number of nitrogens with one attached hydrogen (secondary N) is 1. The second-order valence-electron chi connectivity index (χ2n) is 10.9. The van der Waals surface area contributed by atoms with Crippen LogP contribution in [0.2, 0.25) is 0 Å². The van der Waals surface area contributed by atoms with Crippen molar-refractivity contribution in [3.8, 4) is 17.6 Å². The summed E-state index contributed by atoms with van der Waals surface area (Å²) in [6.45, 7) is -0.0783. The van der Waals surface area contributed by atoms with Crippen LogP contribution >= 0.6 is 11.3 Å². The second kappa shape index (κ2) is 12.9. The van der Waals surface area contributed by atoms with Crippen molar-refractivity contribution in [2.24, 2.45) is 0 Å². The molecule has 2 atom stereocenters. The zero-order chi connectivity index (χ0) is 32.4. The molecule has 2 aromatic heterocycles. The molecule has 0 unspecified atom stereocenters. The van der Waals surface area contributed by atoms with Crippen LogP contribution in [0.25, 0.3) is 10.2 Å². The minimum atomic E-state index is -0.945. The number of carbonyl (C=O) groups is 3. The molecule has 4 aromatic rings. The summed E-state index contributed by atoms with van der Waals surface area (Å²) in [7, 11) is 1.57. The quantitative estimate of drug-likeness (QED) is 0.229. The van der Waals surface area contributed by atoms with Crippen LogP contribution in [0.5, 0.6) is 11.5 Å². The molecule has 4 amide bonds. The Labute approximate surface area is 268 Å². The van der Waals surface area contributed by atoms with Gasteiger partial charge in [0.25, 0.3) is 0 Å². The number of benzene rings is 2. The summed E-state index contributed by atoms with van der Waals surface area (Å²) in [5.74, 6) is 0.00393. The predicted molar refractivity (Wildman–Crippen MR) is 168 cm³/mol. The first-order valence-corrected chi connectivity index (χ1v) is 15.3. The second-order valence-corrected chi connectivity index (χ2v) is 11.9. The zero-order valence-corrected chi connectivity index (χ0v) is 25.7. The number of nitrogen functional groups attached to an aromatic ring is 1. The molecule has 0 spiro atoms. The number of nitriles is 1. The maximum absolute atomic E-state index is 14.1. The fraction of sp³-hybridized carbons (Fsp3) is 0.290. The number of carbonyl (C=O) groups excluding carboxylic acids is 3. The predicted octanol–water partition coefficient (Wildman–Crippen LogP) is 2.06. The zero-order valence-electron chi connectivity index (χ0n) is 24.9. The van der Waals surface area contributed by atoms with Gasteiger partial charge in [0.15, 0.2) is 5.13 Å². The first-order chi connectivity index (χ1) is 22.2. The lowest BCUT2D eigenvalue weighted by Crippen LogP contribution is -2.66. The van der Waals surface area contributed by atoms with Crippen molar-refractivity contribution in [1.29, 1.82) is 5.26 Å². The van der Waals surface area contributed by atoms with Crippen LogP contribution in [0.3, 0.4) is 0 Å². The molecule has 2 fully saturated rings. The SMILES string of the molecule is COc1ccc(CNC(=O)N(CC#N)N2CC(=O)N3[C@@H](Cc4ccc(O)cn4)C(=O)N(Cc4cccc5sc(N)nc45)C[C@@H]32)cc1. The number of aromatic hydroxyl groups is 1. The summed E-state index contributed by atoms with van der Waals surface area (Å²) >= 11 is 1.35. The fourth-order valence-electron chi connectivity index (χ4n) is 5.84. The van der Waals surface area contributed by atoms with E-state index in [1.807, 2.05) is 36.4 Å². The number of ether oxygens (including phenoxy) is 1. The summed E-state index contributed by atoms with van der Waals surface area (Å²) < 4.78 is 6.08. The third-order valence-corrected chi connectivity index (χ3v) is 8.88. The highest BCUT2D eigenvalue weighted by atomic mass is 32.1. The van der Waals surface area contributed by atoms with Crippen LogP contribution < -0.4 is 15.8 Å². The van der Waals surface area contributed by atoms with Gasteiger partial charge in [-0.1, -0.05) is 35.6 Å². The van der Waals surface area contributed by atoms with Gasteiger partial charge in [-0.3, -0.25) is 14.6 Å². The smallest absolute Gasteiger partial charge is 0.333 e. The molecule has 0 saturated carbocycles. The fourth-order valence-corrected chi connectivity index (χ4v) is 6.62. The Morgan fingerprint density at radius 3 is 2.74 bits per heavy atom. The van der Waals surface area contributed by atoms with E-state index < -0.39 is 18.2 Å². The number of nitrogens with zero attached hydrogens (tertiary/aromatic N) is 7. The lowest BCUT2D eigenvalue weighted by atomic mass is 10.0. The number of methoxy groups -OCH3 is 1. The normalized spacial score (nSPS) is 18.0. The first kappa shape index (κ1) is 30.6. The number of pyridine rings is 1. The van der Waals surface area contributed by atoms with Crippen molar-refractivity contribution >= 4 is 44.5 Å². The number of nitrogens with two attached hydrogens (primary N) is 1. The van der Waals surface area contributed by atoms with Crippen LogP contribution in [-0.4, -0.2) is 91.7 Å². The number of amides is 4. The summed E-state index contributed by atoms with van der Waals surface area (Å²) in [6.07, 6.45) is 0.624. The molecule has 6 rings (SSSR count). The van der Waals surface area contributed by atoms with Gasteiger partial charge in [-0.2, -0.15) is 10.3 Å². The van der Waals surface area contributed by atoms with Gasteiger partial charge >= 0.3 is 6.03 Å². The topological polar surface area (TPSA) is 181 Å². The Morgan fingerprint density at radius 1 is 1.22 bits per heavy atom. The van der Waals surface area contributed by atoms with E-state index in [1.165, 1.54) is 33.5 Å². The van der Waals surface area contributed by atoms with Gasteiger partial charge in [-0.25, -0.2) is 14.8 Å². The standard InChI is InChI=1S/C31H31N9O5S/c1-45-23-9-5-19(6-10-23)14-35-31(44)38(12-11-32)39-18-27(42)40-24(13-21-7-8-22(41)15-34-21)29(43)37(17-26(39)40)16-20-3-2-4-25-28(20)36-30(33)46-25/h2-10,15,24,26,41H,12-14,16-18H2,1H3,(H2,33,36)(H,35,44)/t24-,26+/m0/s1. The van der Waals surface area contributed by atoms with Gasteiger partial charge in [0.05, 0.1) is 42.7 Å². The van der Waals surface area contributed by atoms with E-state index in [9.17, 15) is 24.8 Å². The number of hydrazine groups is 1. The van der Waals surface area contributed by atoms with Crippen LogP contribution in [0.15, 0.2) is 60.8 Å². The Balaban J connectivity index is 1.30. The highest BCUT2D eigenvalue weighted by molar-refractivity contribution is 7.22. The van der Waals surface area contributed by atoms with Crippen LogP contribution in [0.1, 0.15) is 16.8 Å². The number of aromatic nitrogens is 2. The molecule has 0 radical (unpaired) electrons. The van der Waals surface area contributed by atoms with Gasteiger partial charge in [0.2, 0.25) is 11.8 Å². The number of thiazole rings is 1. The Morgan fingerprint density at radius 2 is 2.02 bits per heavy atom. The Kier molecular flexibility index (Phi) is 8.55. The highest BCUT2D eigenvalue weighted by Gasteiger charge is 2.52. The van der Waals surface area contributed by atoms with Crippen molar-refractivity contribution < 1.29 is 24.2 Å². The van der Waals surface area contributed by atoms with Crippen LogP contribution in [-0.2, 0) is 29.1 Å². The van der Waals surface area contributed by atoms with Gasteiger partial charge in [-0.05, 0) is 41.5 Å². The Hall–Kier alpha value is -5.46. The molecule has 236 valence electrons. The molecule has 0 bridgehead atoms. The molecule has 2 aromatic carbocycles. The average Bonchev–Trinajstić information content (AvgIpc) is 3.60. The number of urea groups is 1. The van der Waals surface area contributed by atoms with E-state index in [2.05, 4.69) is 15.3 Å². The number of piperazine rings is 1. The van der Waals surface area contributed by atoms with E-state index in [1.54, 1.807) is 35.2 Å². The number of hydrogen-bond acceptors (Lipinski definition) is 11. The van der Waals surface area contributed by atoms with Crippen molar-refractivity contribution in [3.63, 3.8) is 0 Å². The van der Waals surface area contributed by atoms with Gasteiger partial charge in [0.1, 0.15) is 30.3 Å². The molecule has 46 heavy (non-hydrogen) atoms. The van der Waals surface area contributed by atoms with Crippen molar-refractivity contribution in [1.82, 2.24) is 35.1 Å². The van der Waals surface area contributed by atoms with Crippen LogP contribution in [0, 0.1) is 11.3 Å². The van der Waals surface area contributed by atoms with Gasteiger partial charge in [-0.15, -0.1) is 0 Å². The minimum absolute atomic E-state index is 0.0231. The lowest BCUT2D eigenvalue weighted by molar-refractivity contribution is -0.157. The Bertz CT molecular complexity index is 1810. The van der Waals surface area contributed by atoms with E-state index >= 15 is 0 Å². The van der Waals surface area contributed by atoms with E-state index in [0.717, 1.165) is 15.8 Å². The number of hydrogen-bond donors (Lipinski definition) is 3. The number of para-hydroxylation sites is 1. The molecule has 2 saturated heterocycles. The average molecular weight is 642 g/mol. The third-order valence-electron chi connectivity index (χ3n) is 8.03. The van der Waals surface area contributed by atoms with E-state index in [0.29, 0.717) is 22.1 Å². The number of anilines is 1. The van der Waals surface area contributed by atoms with Gasteiger partial charge in [0, 0.05) is 25.2 Å². The maximum Gasteiger partial charge on any atom is 0.333 e. The highest BCUT2D eigenvalue weighted by Crippen LogP contribution is 2.32. The van der Waals surface area contributed by atoms with Crippen molar-refractivity contribution in [2.45, 2.75) is 31.7 Å². The number of rotatable bonds is 9. The summed E-state index contributed by atoms with van der Waals surface area (Å²) in [5, 5.41) is 25.5. The maximum atomic E-state index is 14.1.